The molecule has 3 N–H and O–H groups in total. The fraction of sp³-hybridized carbons (Fsp3) is 0.294. The largest absolute Gasteiger partial charge is 0.462 e. The Labute approximate surface area is 139 Å². The first kappa shape index (κ1) is 17.0. The first-order valence-corrected chi connectivity index (χ1v) is 8.11. The number of hydrogen-bond donors (Lipinski definition) is 2. The van der Waals surface area contributed by atoms with Gasteiger partial charge in [-0.05, 0) is 56.5 Å². The molecule has 23 heavy (non-hydrogen) atoms. The number of nitrogen functional groups attached to an aromatic ring is 1. The number of aryl methyl sites for hydroxylation is 2. The van der Waals surface area contributed by atoms with Crippen LogP contribution in [0.25, 0.3) is 0 Å². The van der Waals surface area contributed by atoms with Gasteiger partial charge in [-0.3, -0.25) is 4.79 Å². The lowest BCUT2D eigenvalue weighted by Crippen LogP contribution is -2.14. The van der Waals surface area contributed by atoms with E-state index in [0.29, 0.717) is 26.7 Å². The van der Waals surface area contributed by atoms with E-state index in [2.05, 4.69) is 5.32 Å². The molecule has 0 unspecified atom stereocenters. The molecule has 0 radical (unpaired) electrons. The molecule has 1 aromatic carbocycles. The van der Waals surface area contributed by atoms with Crippen molar-refractivity contribution in [1.82, 2.24) is 0 Å². The molecule has 2 aromatic rings. The lowest BCUT2D eigenvalue weighted by Gasteiger charge is -2.08. The Kier molecular flexibility index (Phi) is 5.05. The molecule has 5 nitrogen and oxygen atoms in total. The summed E-state index contributed by atoms with van der Waals surface area (Å²) < 4.78 is 4.99. The van der Waals surface area contributed by atoms with Gasteiger partial charge < -0.3 is 15.8 Å². The molecule has 2 rings (SSSR count). The molecule has 1 amide bonds. The van der Waals surface area contributed by atoms with Crippen molar-refractivity contribution in [1.29, 1.82) is 0 Å². The molecule has 0 aliphatic heterocycles. The average molecular weight is 332 g/mol. The number of amides is 1. The fourth-order valence-electron chi connectivity index (χ4n) is 2.22. The highest BCUT2D eigenvalue weighted by Crippen LogP contribution is 2.31. The van der Waals surface area contributed by atoms with E-state index in [-0.39, 0.29) is 12.5 Å². The Morgan fingerprint density at radius 3 is 2.52 bits per heavy atom. The van der Waals surface area contributed by atoms with Crippen LogP contribution in [-0.4, -0.2) is 18.5 Å². The molecule has 0 aliphatic rings. The van der Waals surface area contributed by atoms with Crippen molar-refractivity contribution in [2.24, 2.45) is 0 Å². The summed E-state index contributed by atoms with van der Waals surface area (Å²) in [5, 5.41) is 3.14. The normalized spacial score (nSPS) is 10.4. The second-order valence-corrected chi connectivity index (χ2v) is 6.32. The molecule has 0 saturated carbocycles. The number of thiophene rings is 1. The average Bonchev–Trinajstić information content (AvgIpc) is 2.78. The van der Waals surface area contributed by atoms with Crippen molar-refractivity contribution in [2.45, 2.75) is 27.7 Å². The van der Waals surface area contributed by atoms with E-state index >= 15 is 0 Å². The minimum Gasteiger partial charge on any atom is -0.462 e. The number of ether oxygens (including phenoxy) is 1. The van der Waals surface area contributed by atoms with Crippen molar-refractivity contribution in [3.8, 4) is 0 Å². The van der Waals surface area contributed by atoms with Gasteiger partial charge in [0.1, 0.15) is 4.88 Å². The highest BCUT2D eigenvalue weighted by molar-refractivity contribution is 7.18. The zero-order chi connectivity index (χ0) is 17.1. The number of carbonyl (C=O) groups is 2. The van der Waals surface area contributed by atoms with Crippen LogP contribution >= 0.6 is 11.3 Å². The van der Waals surface area contributed by atoms with Gasteiger partial charge in [0.2, 0.25) is 0 Å². The maximum absolute atomic E-state index is 12.5. The third-order valence-electron chi connectivity index (χ3n) is 3.63. The van der Waals surface area contributed by atoms with Crippen LogP contribution in [0.5, 0.6) is 0 Å². The van der Waals surface area contributed by atoms with Crippen molar-refractivity contribution in [2.75, 3.05) is 17.7 Å². The van der Waals surface area contributed by atoms with E-state index in [0.717, 1.165) is 22.5 Å². The van der Waals surface area contributed by atoms with Crippen LogP contribution in [0.4, 0.5) is 10.7 Å². The van der Waals surface area contributed by atoms with E-state index in [4.69, 9.17) is 10.5 Å². The highest BCUT2D eigenvalue weighted by Gasteiger charge is 2.24. The van der Waals surface area contributed by atoms with Gasteiger partial charge in [0.05, 0.1) is 17.2 Å². The molecule has 1 heterocycles. The zero-order valence-electron chi connectivity index (χ0n) is 13.6. The van der Waals surface area contributed by atoms with E-state index in [9.17, 15) is 9.59 Å². The summed E-state index contributed by atoms with van der Waals surface area (Å²) in [4.78, 5) is 24.8. The number of carbonyl (C=O) groups excluding carboxylic acids is 2. The maximum Gasteiger partial charge on any atom is 0.348 e. The topological polar surface area (TPSA) is 81.4 Å². The van der Waals surface area contributed by atoms with Gasteiger partial charge in [0.15, 0.2) is 0 Å². The molecule has 1 aromatic heterocycles. The Bertz CT molecular complexity index is 765. The first-order valence-electron chi connectivity index (χ1n) is 7.29. The third-order valence-corrected chi connectivity index (χ3v) is 4.73. The number of hydrogen-bond acceptors (Lipinski definition) is 5. The van der Waals surface area contributed by atoms with Gasteiger partial charge in [-0.1, -0.05) is 6.07 Å². The fourth-order valence-corrected chi connectivity index (χ4v) is 3.19. The van der Waals surface area contributed by atoms with Crippen LogP contribution in [0, 0.1) is 20.8 Å². The number of nitrogens with one attached hydrogen (secondary N) is 1. The zero-order valence-corrected chi connectivity index (χ0v) is 14.5. The predicted molar refractivity (Wildman–Crippen MR) is 93.3 cm³/mol. The number of benzene rings is 1. The Morgan fingerprint density at radius 2 is 1.91 bits per heavy atom. The number of rotatable bonds is 4. The molecule has 122 valence electrons. The van der Waals surface area contributed by atoms with Gasteiger partial charge in [0.25, 0.3) is 5.91 Å². The van der Waals surface area contributed by atoms with Crippen molar-refractivity contribution in [3.05, 3.63) is 45.3 Å². The van der Waals surface area contributed by atoms with E-state index in [1.54, 1.807) is 13.8 Å². The van der Waals surface area contributed by atoms with Crippen molar-refractivity contribution >= 4 is 33.9 Å². The minimum atomic E-state index is -0.452. The summed E-state index contributed by atoms with van der Waals surface area (Å²) in [7, 11) is 0. The van der Waals surface area contributed by atoms with Gasteiger partial charge in [-0.15, -0.1) is 11.3 Å². The molecule has 0 fully saturated rings. The molecule has 0 bridgehead atoms. The second-order valence-electron chi connectivity index (χ2n) is 5.27. The number of nitrogens with two attached hydrogens (primary N) is 1. The lowest BCUT2D eigenvalue weighted by atomic mass is 10.1. The maximum atomic E-state index is 12.5. The molecular weight excluding hydrogens is 312 g/mol. The number of anilines is 2. The predicted octanol–water partition coefficient (Wildman–Crippen LogP) is 3.68. The summed E-state index contributed by atoms with van der Waals surface area (Å²) in [5.74, 6) is -0.776. The second kappa shape index (κ2) is 6.83. The molecule has 0 spiro atoms. The van der Waals surface area contributed by atoms with E-state index < -0.39 is 5.97 Å². The number of esters is 1. The first-order chi connectivity index (χ1) is 10.8. The van der Waals surface area contributed by atoms with Crippen LogP contribution in [0.15, 0.2) is 18.2 Å². The third kappa shape index (κ3) is 3.53. The molecule has 0 aliphatic carbocycles. The van der Waals surface area contributed by atoms with Gasteiger partial charge in [-0.25, -0.2) is 4.79 Å². The Balaban J connectivity index is 2.29. The minimum absolute atomic E-state index is 0.278. The van der Waals surface area contributed by atoms with Crippen LogP contribution < -0.4 is 11.1 Å². The molecule has 6 heteroatoms. The summed E-state index contributed by atoms with van der Waals surface area (Å²) in [6.45, 7) is 7.70. The van der Waals surface area contributed by atoms with Crippen LogP contribution in [-0.2, 0) is 4.74 Å². The smallest absolute Gasteiger partial charge is 0.348 e. The SMILES string of the molecule is CCOC(=O)c1sc(N)c(C(=O)Nc2ccc(C)c(C)c2)c1C. The van der Waals surface area contributed by atoms with E-state index in [1.165, 1.54) is 0 Å². The van der Waals surface area contributed by atoms with Gasteiger partial charge in [-0.2, -0.15) is 0 Å². The molecule has 0 atom stereocenters. The van der Waals surface area contributed by atoms with Gasteiger partial charge >= 0.3 is 5.97 Å². The summed E-state index contributed by atoms with van der Waals surface area (Å²) in [6, 6.07) is 5.68. The molecule has 0 saturated heterocycles. The summed E-state index contributed by atoms with van der Waals surface area (Å²) in [5.41, 5.74) is 9.75. The Hall–Kier alpha value is -2.34. The standard InChI is InChI=1S/C17H20N2O3S/c1-5-22-17(21)14-11(4)13(15(18)23-14)16(20)19-12-7-6-9(2)10(3)8-12/h6-8H,5,18H2,1-4H3,(H,19,20). The monoisotopic (exact) mass is 332 g/mol. The van der Waals surface area contributed by atoms with Crippen molar-refractivity contribution in [3.63, 3.8) is 0 Å². The van der Waals surface area contributed by atoms with Crippen molar-refractivity contribution < 1.29 is 14.3 Å². The van der Waals surface area contributed by atoms with Crippen LogP contribution in [0.2, 0.25) is 0 Å². The van der Waals surface area contributed by atoms with Gasteiger partial charge in [0, 0.05) is 5.69 Å². The van der Waals surface area contributed by atoms with E-state index in [1.807, 2.05) is 32.0 Å². The quantitative estimate of drug-likeness (QED) is 0.837. The molecular formula is C17H20N2O3S. The highest BCUT2D eigenvalue weighted by atomic mass is 32.1. The lowest BCUT2D eigenvalue weighted by molar-refractivity contribution is 0.0531. The Morgan fingerprint density at radius 1 is 1.22 bits per heavy atom. The summed E-state index contributed by atoms with van der Waals surface area (Å²) in [6.07, 6.45) is 0. The van der Waals surface area contributed by atoms with Crippen LogP contribution in [0.3, 0.4) is 0 Å². The summed E-state index contributed by atoms with van der Waals surface area (Å²) >= 11 is 1.08. The van der Waals surface area contributed by atoms with Crippen LogP contribution in [0.1, 0.15) is 43.6 Å².